The molecule has 0 saturated carbocycles. The third-order valence-corrected chi connectivity index (χ3v) is 6.82. The standard InChI is InChI=1S/C28H24N10O6/c1-36(24(40)10-12-31-19-7-9-22(38(42)43)26-25(19)34-44-35-26)18-6-8-21-20(14-18)32-28(37(21)13-11-23(30)39)33-27(41)17-4-2-16(15-29)3-5-17/h2-9,14,31H,10-13H2,1H3,(H2,30,39)(H,32,33,41). The van der Waals surface area contributed by atoms with Crippen LogP contribution in [0.3, 0.4) is 0 Å². The number of rotatable bonds is 11. The number of primary amides is 1. The van der Waals surface area contributed by atoms with Crippen molar-refractivity contribution in [3.63, 3.8) is 0 Å². The number of non-ortho nitro benzene ring substituents is 1. The van der Waals surface area contributed by atoms with E-state index in [4.69, 9.17) is 11.0 Å². The fourth-order valence-electron chi connectivity index (χ4n) is 4.50. The molecule has 0 saturated heterocycles. The quantitative estimate of drug-likeness (QED) is 0.148. The minimum atomic E-state index is -0.585. The number of benzene rings is 3. The number of hydrogen-bond acceptors (Lipinski definition) is 11. The summed E-state index contributed by atoms with van der Waals surface area (Å²) in [5.74, 6) is -1.05. The molecule has 3 amide bonds. The Balaban J connectivity index is 1.31. The predicted molar refractivity (Wildman–Crippen MR) is 158 cm³/mol. The highest BCUT2D eigenvalue weighted by Gasteiger charge is 2.21. The van der Waals surface area contributed by atoms with Crippen LogP contribution in [0.5, 0.6) is 0 Å². The molecule has 0 unspecified atom stereocenters. The smallest absolute Gasteiger partial charge is 0.300 e. The number of nitro groups is 1. The van der Waals surface area contributed by atoms with Crippen LogP contribution in [0.15, 0.2) is 59.2 Å². The maximum absolute atomic E-state index is 13.0. The molecule has 5 aromatic rings. The third kappa shape index (κ3) is 5.97. The Labute approximate surface area is 248 Å². The maximum Gasteiger partial charge on any atom is 0.300 e. The van der Waals surface area contributed by atoms with Gasteiger partial charge in [0.05, 0.1) is 33.3 Å². The number of nitriles is 1. The van der Waals surface area contributed by atoms with E-state index >= 15 is 0 Å². The third-order valence-electron chi connectivity index (χ3n) is 6.82. The number of amides is 3. The average Bonchev–Trinajstić information content (AvgIpc) is 3.64. The summed E-state index contributed by atoms with van der Waals surface area (Å²) in [6, 6.07) is 16.0. The van der Waals surface area contributed by atoms with Gasteiger partial charge >= 0.3 is 5.69 Å². The number of hydrogen-bond donors (Lipinski definition) is 3. The molecule has 0 aliphatic rings. The largest absolute Gasteiger partial charge is 0.383 e. The molecular weight excluding hydrogens is 572 g/mol. The Bertz CT molecular complexity index is 1960. The summed E-state index contributed by atoms with van der Waals surface area (Å²) in [6.45, 7) is 0.351. The van der Waals surface area contributed by atoms with Gasteiger partial charge in [-0.2, -0.15) is 5.26 Å². The van der Waals surface area contributed by atoms with Gasteiger partial charge in [0.25, 0.3) is 5.91 Å². The lowest BCUT2D eigenvalue weighted by Gasteiger charge is -2.18. The van der Waals surface area contributed by atoms with Crippen LogP contribution >= 0.6 is 0 Å². The van der Waals surface area contributed by atoms with Crippen molar-refractivity contribution in [2.75, 3.05) is 29.1 Å². The molecule has 3 aromatic carbocycles. The first kappa shape index (κ1) is 29.1. The molecule has 4 N–H and O–H groups in total. The van der Waals surface area contributed by atoms with Gasteiger partial charge in [-0.05, 0) is 58.8 Å². The summed E-state index contributed by atoms with van der Waals surface area (Å²) >= 11 is 0. The van der Waals surface area contributed by atoms with E-state index in [1.165, 1.54) is 41.3 Å². The number of carbonyl (C=O) groups excluding carboxylic acids is 3. The molecule has 0 fully saturated rings. The molecule has 16 nitrogen and oxygen atoms in total. The van der Waals surface area contributed by atoms with Crippen molar-refractivity contribution in [1.82, 2.24) is 19.9 Å². The Morgan fingerprint density at radius 2 is 1.84 bits per heavy atom. The number of carbonyl (C=O) groups is 3. The monoisotopic (exact) mass is 596 g/mol. The molecule has 44 heavy (non-hydrogen) atoms. The van der Waals surface area contributed by atoms with E-state index in [1.807, 2.05) is 6.07 Å². The van der Waals surface area contributed by atoms with Crippen molar-refractivity contribution in [3.05, 3.63) is 75.8 Å². The number of fused-ring (bicyclic) bond motifs is 2. The second-order valence-corrected chi connectivity index (χ2v) is 9.60. The van der Waals surface area contributed by atoms with Gasteiger partial charge in [-0.15, -0.1) is 0 Å². The van der Waals surface area contributed by atoms with E-state index in [0.717, 1.165) is 0 Å². The Morgan fingerprint density at radius 3 is 2.55 bits per heavy atom. The van der Waals surface area contributed by atoms with Crippen LogP contribution in [-0.2, 0) is 16.1 Å². The van der Waals surface area contributed by atoms with E-state index < -0.39 is 16.7 Å². The normalized spacial score (nSPS) is 10.8. The average molecular weight is 597 g/mol. The summed E-state index contributed by atoms with van der Waals surface area (Å²) in [4.78, 5) is 54.1. The van der Waals surface area contributed by atoms with Crippen LogP contribution in [0.25, 0.3) is 22.1 Å². The summed E-state index contributed by atoms with van der Waals surface area (Å²) < 4.78 is 6.31. The van der Waals surface area contributed by atoms with Gasteiger partial charge in [-0.3, -0.25) is 29.8 Å². The summed E-state index contributed by atoms with van der Waals surface area (Å²) in [6.07, 6.45) is 0.0705. The van der Waals surface area contributed by atoms with Crippen LogP contribution in [0.4, 0.5) is 23.0 Å². The van der Waals surface area contributed by atoms with Crippen LogP contribution in [0.1, 0.15) is 28.8 Å². The molecule has 0 aliphatic carbocycles. The zero-order valence-corrected chi connectivity index (χ0v) is 23.2. The van der Waals surface area contributed by atoms with Crippen LogP contribution in [0, 0.1) is 21.4 Å². The second kappa shape index (κ2) is 12.2. The highest BCUT2D eigenvalue weighted by atomic mass is 16.6. The van der Waals surface area contributed by atoms with Gasteiger partial charge in [0.1, 0.15) is 0 Å². The van der Waals surface area contributed by atoms with Gasteiger partial charge in [0, 0.05) is 50.3 Å². The Hall–Kier alpha value is -6.37. The molecule has 2 aromatic heterocycles. The SMILES string of the molecule is CN(C(=O)CCNc1ccc([N+](=O)[O-])c2nonc12)c1ccc2c(c1)nc(NC(=O)c1ccc(C#N)cc1)n2CCC(N)=O. The van der Waals surface area contributed by atoms with Crippen LogP contribution < -0.4 is 21.3 Å². The molecule has 0 spiro atoms. The minimum Gasteiger partial charge on any atom is -0.383 e. The predicted octanol–water partition coefficient (Wildman–Crippen LogP) is 2.95. The van der Waals surface area contributed by atoms with Crippen molar-refractivity contribution >= 4 is 62.8 Å². The molecule has 0 atom stereocenters. The molecule has 5 rings (SSSR count). The van der Waals surface area contributed by atoms with Crippen molar-refractivity contribution in [2.45, 2.75) is 19.4 Å². The zero-order valence-electron chi connectivity index (χ0n) is 23.2. The Morgan fingerprint density at radius 1 is 1.09 bits per heavy atom. The summed E-state index contributed by atoms with van der Waals surface area (Å²) in [5.41, 5.74) is 8.06. The number of nitro benzene ring substituents is 1. The van der Waals surface area contributed by atoms with E-state index in [2.05, 4.69) is 30.6 Å². The van der Waals surface area contributed by atoms with Crippen LogP contribution in [0.2, 0.25) is 0 Å². The first-order valence-electron chi connectivity index (χ1n) is 13.2. The molecule has 0 radical (unpaired) electrons. The van der Waals surface area contributed by atoms with Crippen LogP contribution in [-0.4, -0.2) is 56.1 Å². The summed E-state index contributed by atoms with van der Waals surface area (Å²) in [5, 5.41) is 33.3. The van der Waals surface area contributed by atoms with Gasteiger partial charge in [0.2, 0.25) is 23.3 Å². The molecule has 16 heteroatoms. The molecule has 2 heterocycles. The van der Waals surface area contributed by atoms with E-state index in [1.54, 1.807) is 29.8 Å². The van der Waals surface area contributed by atoms with Gasteiger partial charge in [-0.1, -0.05) is 0 Å². The fourth-order valence-corrected chi connectivity index (χ4v) is 4.50. The number of imidazole rings is 1. The van der Waals surface area contributed by atoms with Crippen molar-refractivity contribution < 1.29 is 23.9 Å². The number of nitrogens with zero attached hydrogens (tertiary/aromatic N) is 7. The van der Waals surface area contributed by atoms with E-state index in [0.29, 0.717) is 33.5 Å². The van der Waals surface area contributed by atoms with E-state index in [9.17, 15) is 24.5 Å². The lowest BCUT2D eigenvalue weighted by Crippen LogP contribution is -2.27. The van der Waals surface area contributed by atoms with E-state index in [-0.39, 0.29) is 54.5 Å². The summed E-state index contributed by atoms with van der Waals surface area (Å²) in [7, 11) is 1.60. The number of nitrogens with two attached hydrogens (primary N) is 1. The minimum absolute atomic E-state index is 0.000486. The second-order valence-electron chi connectivity index (χ2n) is 9.60. The molecule has 222 valence electrons. The van der Waals surface area contributed by atoms with Crippen molar-refractivity contribution in [2.24, 2.45) is 5.73 Å². The topological polar surface area (TPSA) is 228 Å². The molecular formula is C28H24N10O6. The fraction of sp³-hybridized carbons (Fsp3) is 0.179. The van der Waals surface area contributed by atoms with Crippen molar-refractivity contribution in [1.29, 1.82) is 5.26 Å². The number of anilines is 3. The lowest BCUT2D eigenvalue weighted by molar-refractivity contribution is -0.383. The number of aromatic nitrogens is 4. The lowest BCUT2D eigenvalue weighted by atomic mass is 10.1. The van der Waals surface area contributed by atoms with Gasteiger partial charge < -0.3 is 20.5 Å². The maximum atomic E-state index is 13.0. The number of nitrogens with one attached hydrogen (secondary N) is 2. The first-order valence-corrected chi connectivity index (χ1v) is 13.2. The molecule has 0 aliphatic heterocycles. The first-order chi connectivity index (χ1) is 21.2. The van der Waals surface area contributed by atoms with Gasteiger partial charge in [0.15, 0.2) is 5.52 Å². The zero-order chi connectivity index (χ0) is 31.4. The Kier molecular flexibility index (Phi) is 8.11. The highest BCUT2D eigenvalue weighted by molar-refractivity contribution is 6.04. The molecule has 0 bridgehead atoms. The van der Waals surface area contributed by atoms with Gasteiger partial charge in [-0.25, -0.2) is 9.61 Å². The highest BCUT2D eigenvalue weighted by Crippen LogP contribution is 2.29. The number of aryl methyl sites for hydroxylation is 1. The van der Waals surface area contributed by atoms with Crippen molar-refractivity contribution in [3.8, 4) is 6.07 Å².